The fourth-order valence-electron chi connectivity index (χ4n) is 2.08. The van der Waals surface area contributed by atoms with E-state index in [2.05, 4.69) is 40.3 Å². The minimum atomic E-state index is -2.27. The van der Waals surface area contributed by atoms with Gasteiger partial charge in [0.1, 0.15) is 0 Å². The molecule has 0 bridgehead atoms. The predicted molar refractivity (Wildman–Crippen MR) is 83.3 cm³/mol. The van der Waals surface area contributed by atoms with Crippen LogP contribution in [0.1, 0.15) is 31.4 Å². The normalized spacial score (nSPS) is 13.2. The van der Waals surface area contributed by atoms with Gasteiger partial charge in [-0.3, -0.25) is 0 Å². The minimum Gasteiger partial charge on any atom is -0.310 e. The molecule has 1 rings (SSSR count). The third-order valence-electron chi connectivity index (χ3n) is 3.16. The lowest BCUT2D eigenvalue weighted by Gasteiger charge is -2.23. The van der Waals surface area contributed by atoms with Gasteiger partial charge in [0.15, 0.2) is 0 Å². The summed E-state index contributed by atoms with van der Waals surface area (Å²) in [5.41, 5.74) is 1.20. The first kappa shape index (κ1) is 17.5. The molecule has 0 aromatic heterocycles. The van der Waals surface area contributed by atoms with Crippen molar-refractivity contribution in [3.8, 4) is 0 Å². The van der Waals surface area contributed by atoms with Crippen molar-refractivity contribution in [2.75, 3.05) is 26.7 Å². The Hall–Kier alpha value is -0.520. The van der Waals surface area contributed by atoms with Gasteiger partial charge in [0.05, 0.1) is 6.54 Å². The van der Waals surface area contributed by atoms with Crippen molar-refractivity contribution in [3.05, 3.63) is 34.3 Å². The Bertz CT molecular complexity index is 371. The monoisotopic (exact) mass is 348 g/mol. The van der Waals surface area contributed by atoms with Gasteiger partial charge in [0, 0.05) is 10.5 Å². The Morgan fingerprint density at radius 2 is 1.90 bits per heavy atom. The molecule has 0 heterocycles. The van der Waals surface area contributed by atoms with Gasteiger partial charge in [-0.2, -0.15) is 0 Å². The van der Waals surface area contributed by atoms with E-state index in [1.165, 1.54) is 5.56 Å². The number of nitrogens with zero attached hydrogens (tertiary/aromatic N) is 1. The van der Waals surface area contributed by atoms with E-state index < -0.39 is 6.43 Å². The average molecular weight is 349 g/mol. The van der Waals surface area contributed by atoms with E-state index >= 15 is 0 Å². The highest BCUT2D eigenvalue weighted by molar-refractivity contribution is 9.10. The Labute approximate surface area is 128 Å². The van der Waals surface area contributed by atoms with Crippen molar-refractivity contribution in [2.24, 2.45) is 0 Å². The second-order valence-corrected chi connectivity index (χ2v) is 5.92. The lowest BCUT2D eigenvalue weighted by molar-refractivity contribution is 0.0984. The molecule has 2 nitrogen and oxygen atoms in total. The lowest BCUT2D eigenvalue weighted by Crippen LogP contribution is -2.30. The zero-order valence-electron chi connectivity index (χ0n) is 12.1. The number of hydrogen-bond donors (Lipinski definition) is 1. The van der Waals surface area contributed by atoms with Gasteiger partial charge in [-0.25, -0.2) is 8.78 Å². The van der Waals surface area contributed by atoms with E-state index in [-0.39, 0.29) is 12.6 Å². The van der Waals surface area contributed by atoms with Gasteiger partial charge in [0.25, 0.3) is 6.43 Å². The number of rotatable bonds is 9. The number of alkyl halides is 2. The zero-order valence-corrected chi connectivity index (χ0v) is 13.7. The van der Waals surface area contributed by atoms with Crippen LogP contribution in [0, 0.1) is 0 Å². The lowest BCUT2D eigenvalue weighted by atomic mass is 10.0. The smallest absolute Gasteiger partial charge is 0.251 e. The maximum absolute atomic E-state index is 12.3. The third-order valence-corrected chi connectivity index (χ3v) is 3.69. The third kappa shape index (κ3) is 6.77. The summed E-state index contributed by atoms with van der Waals surface area (Å²) < 4.78 is 25.7. The zero-order chi connectivity index (χ0) is 15.0. The van der Waals surface area contributed by atoms with Crippen LogP contribution in [0.2, 0.25) is 0 Å². The second kappa shape index (κ2) is 9.42. The van der Waals surface area contributed by atoms with Gasteiger partial charge in [-0.15, -0.1) is 0 Å². The standard InChI is InChI=1S/C15H23BrF2N2/c1-3-9-19-14(8-10-20(2)11-15(17)18)12-4-6-13(16)7-5-12/h4-7,14-15,19H,3,8-11H2,1-2H3. The van der Waals surface area contributed by atoms with Gasteiger partial charge < -0.3 is 10.2 Å². The molecule has 0 saturated carbocycles. The molecule has 0 aliphatic carbocycles. The van der Waals surface area contributed by atoms with E-state index in [4.69, 9.17) is 0 Å². The maximum atomic E-state index is 12.3. The highest BCUT2D eigenvalue weighted by Crippen LogP contribution is 2.20. The first-order valence-electron chi connectivity index (χ1n) is 6.98. The highest BCUT2D eigenvalue weighted by atomic mass is 79.9. The number of halogens is 3. The largest absolute Gasteiger partial charge is 0.310 e. The maximum Gasteiger partial charge on any atom is 0.251 e. The van der Waals surface area contributed by atoms with Crippen LogP contribution in [0.5, 0.6) is 0 Å². The SMILES string of the molecule is CCCNC(CCN(C)CC(F)F)c1ccc(Br)cc1. The first-order chi connectivity index (χ1) is 9.52. The van der Waals surface area contributed by atoms with Crippen LogP contribution in [-0.4, -0.2) is 38.0 Å². The molecule has 0 spiro atoms. The summed E-state index contributed by atoms with van der Waals surface area (Å²) in [6, 6.07) is 8.38. The van der Waals surface area contributed by atoms with Crippen molar-refractivity contribution in [1.82, 2.24) is 10.2 Å². The summed E-state index contributed by atoms with van der Waals surface area (Å²) in [6.45, 7) is 3.54. The molecule has 114 valence electrons. The molecule has 20 heavy (non-hydrogen) atoms. The highest BCUT2D eigenvalue weighted by Gasteiger charge is 2.13. The Morgan fingerprint density at radius 3 is 2.45 bits per heavy atom. The van der Waals surface area contributed by atoms with E-state index in [1.807, 2.05) is 12.1 Å². The molecule has 1 atom stereocenters. The fourth-order valence-corrected chi connectivity index (χ4v) is 2.34. The van der Waals surface area contributed by atoms with Crippen molar-refractivity contribution in [3.63, 3.8) is 0 Å². The molecular weight excluding hydrogens is 326 g/mol. The molecule has 1 unspecified atom stereocenters. The summed E-state index contributed by atoms with van der Waals surface area (Å²) in [6.07, 6.45) is -0.389. The van der Waals surface area contributed by atoms with E-state index in [9.17, 15) is 8.78 Å². The number of nitrogens with one attached hydrogen (secondary N) is 1. The first-order valence-corrected chi connectivity index (χ1v) is 7.77. The molecule has 0 amide bonds. The van der Waals surface area contributed by atoms with Gasteiger partial charge in [-0.1, -0.05) is 35.0 Å². The molecule has 0 fully saturated rings. The summed E-state index contributed by atoms with van der Waals surface area (Å²) >= 11 is 3.42. The van der Waals surface area contributed by atoms with Crippen LogP contribution < -0.4 is 5.32 Å². The molecule has 1 aromatic carbocycles. The fraction of sp³-hybridized carbons (Fsp3) is 0.600. The van der Waals surface area contributed by atoms with Gasteiger partial charge in [-0.05, 0) is 50.7 Å². The van der Waals surface area contributed by atoms with Crippen LogP contribution in [0.15, 0.2) is 28.7 Å². The molecule has 0 aliphatic heterocycles. The van der Waals surface area contributed by atoms with Crippen molar-refractivity contribution < 1.29 is 8.78 Å². The minimum absolute atomic E-state index is 0.166. The van der Waals surface area contributed by atoms with Crippen LogP contribution in [0.25, 0.3) is 0 Å². The summed E-state index contributed by atoms with van der Waals surface area (Å²) in [5.74, 6) is 0. The van der Waals surface area contributed by atoms with E-state index in [0.717, 1.165) is 23.9 Å². The summed E-state index contributed by atoms with van der Waals surface area (Å²) in [4.78, 5) is 1.68. The van der Waals surface area contributed by atoms with Gasteiger partial charge in [0.2, 0.25) is 0 Å². The molecule has 5 heteroatoms. The molecule has 0 saturated heterocycles. The molecular formula is C15H23BrF2N2. The Balaban J connectivity index is 2.57. The topological polar surface area (TPSA) is 15.3 Å². The quantitative estimate of drug-likeness (QED) is 0.723. The Morgan fingerprint density at radius 1 is 1.25 bits per heavy atom. The molecule has 0 radical (unpaired) electrons. The van der Waals surface area contributed by atoms with Crippen molar-refractivity contribution >= 4 is 15.9 Å². The van der Waals surface area contributed by atoms with Crippen LogP contribution in [-0.2, 0) is 0 Å². The summed E-state index contributed by atoms with van der Waals surface area (Å²) in [5, 5.41) is 3.48. The van der Waals surface area contributed by atoms with E-state index in [0.29, 0.717) is 6.54 Å². The summed E-state index contributed by atoms with van der Waals surface area (Å²) in [7, 11) is 1.74. The van der Waals surface area contributed by atoms with E-state index in [1.54, 1.807) is 11.9 Å². The van der Waals surface area contributed by atoms with Crippen molar-refractivity contribution in [1.29, 1.82) is 0 Å². The molecule has 1 N–H and O–H groups in total. The van der Waals surface area contributed by atoms with Gasteiger partial charge >= 0.3 is 0 Å². The Kier molecular flexibility index (Phi) is 8.26. The van der Waals surface area contributed by atoms with Crippen LogP contribution in [0.3, 0.4) is 0 Å². The van der Waals surface area contributed by atoms with Crippen molar-refractivity contribution in [2.45, 2.75) is 32.2 Å². The number of benzene rings is 1. The predicted octanol–water partition coefficient (Wildman–Crippen LogP) is 4.08. The second-order valence-electron chi connectivity index (χ2n) is 5.00. The molecule has 0 aliphatic rings. The van der Waals surface area contributed by atoms with Crippen LogP contribution >= 0.6 is 15.9 Å². The average Bonchev–Trinajstić information content (AvgIpc) is 2.39. The van der Waals surface area contributed by atoms with Crippen LogP contribution in [0.4, 0.5) is 8.78 Å². The number of hydrogen-bond acceptors (Lipinski definition) is 2. The molecule has 1 aromatic rings.